The summed E-state index contributed by atoms with van der Waals surface area (Å²) in [7, 11) is 0. The maximum atomic E-state index is 11.0. The number of hydrogen-bond donors (Lipinski definition) is 3. The Bertz CT molecular complexity index is 244. The Morgan fingerprint density at radius 3 is 2.71 bits per heavy atom. The molecule has 4 N–H and O–H groups in total. The average molecular weight is 201 g/mol. The van der Waals surface area contributed by atoms with Crippen molar-refractivity contribution < 1.29 is 14.7 Å². The van der Waals surface area contributed by atoms with E-state index in [1.807, 2.05) is 0 Å². The molecular formula is C8H15N3O3. The van der Waals surface area contributed by atoms with Crippen molar-refractivity contribution in [2.75, 3.05) is 13.1 Å². The standard InChI is InChI=1S/C8H15N3O3/c1-5(12)11-3-2-6(9)7(4-11)10-8(13)14/h6-7,10H,2-4,9H2,1H3,(H,13,14). The van der Waals surface area contributed by atoms with Crippen molar-refractivity contribution in [2.24, 2.45) is 5.73 Å². The fraction of sp³-hybridized carbons (Fsp3) is 0.750. The van der Waals surface area contributed by atoms with E-state index >= 15 is 0 Å². The SMILES string of the molecule is CC(=O)N1CCC(N)C(NC(=O)O)C1. The van der Waals surface area contributed by atoms with Crippen molar-refractivity contribution >= 4 is 12.0 Å². The van der Waals surface area contributed by atoms with Crippen LogP contribution in [-0.4, -0.2) is 47.2 Å². The quantitative estimate of drug-likeness (QED) is 0.517. The summed E-state index contributed by atoms with van der Waals surface area (Å²) in [6.45, 7) is 2.44. The van der Waals surface area contributed by atoms with Gasteiger partial charge in [-0.05, 0) is 6.42 Å². The molecule has 1 fully saturated rings. The Morgan fingerprint density at radius 2 is 2.21 bits per heavy atom. The Morgan fingerprint density at radius 1 is 1.57 bits per heavy atom. The number of rotatable bonds is 1. The second kappa shape index (κ2) is 4.28. The highest BCUT2D eigenvalue weighted by molar-refractivity contribution is 5.73. The van der Waals surface area contributed by atoms with Gasteiger partial charge < -0.3 is 21.1 Å². The summed E-state index contributed by atoms with van der Waals surface area (Å²) >= 11 is 0. The first-order chi connectivity index (χ1) is 6.50. The molecule has 1 aliphatic rings. The van der Waals surface area contributed by atoms with Crippen LogP contribution in [0.15, 0.2) is 0 Å². The second-order valence-corrected chi connectivity index (χ2v) is 3.47. The summed E-state index contributed by atoms with van der Waals surface area (Å²) in [5, 5.41) is 10.9. The minimum Gasteiger partial charge on any atom is -0.465 e. The number of nitrogens with two attached hydrogens (primary N) is 1. The van der Waals surface area contributed by atoms with Crippen molar-refractivity contribution in [1.29, 1.82) is 0 Å². The number of hydrogen-bond acceptors (Lipinski definition) is 3. The number of carbonyl (C=O) groups is 2. The molecule has 0 radical (unpaired) electrons. The molecule has 0 spiro atoms. The summed E-state index contributed by atoms with van der Waals surface area (Å²) in [6, 6.07) is -0.563. The average Bonchev–Trinajstić information content (AvgIpc) is 2.07. The number of amides is 2. The molecule has 0 bridgehead atoms. The van der Waals surface area contributed by atoms with E-state index in [1.54, 1.807) is 4.90 Å². The van der Waals surface area contributed by atoms with Crippen molar-refractivity contribution in [3.63, 3.8) is 0 Å². The van der Waals surface area contributed by atoms with Crippen LogP contribution in [0.4, 0.5) is 4.79 Å². The lowest BCUT2D eigenvalue weighted by Crippen LogP contribution is -2.58. The molecule has 80 valence electrons. The van der Waals surface area contributed by atoms with Gasteiger partial charge in [-0.2, -0.15) is 0 Å². The molecule has 0 aromatic heterocycles. The zero-order chi connectivity index (χ0) is 10.7. The zero-order valence-corrected chi connectivity index (χ0v) is 8.06. The molecule has 6 nitrogen and oxygen atoms in total. The lowest BCUT2D eigenvalue weighted by atomic mass is 10.0. The van der Waals surface area contributed by atoms with Gasteiger partial charge in [0.25, 0.3) is 0 Å². The Labute approximate surface area is 82.1 Å². The number of nitrogens with one attached hydrogen (secondary N) is 1. The molecule has 1 saturated heterocycles. The molecule has 6 heteroatoms. The van der Waals surface area contributed by atoms with Gasteiger partial charge in [0.2, 0.25) is 5.91 Å². The summed E-state index contributed by atoms with van der Waals surface area (Å²) in [6.07, 6.45) is -0.472. The molecule has 2 amide bonds. The predicted molar refractivity (Wildman–Crippen MR) is 49.8 cm³/mol. The highest BCUT2D eigenvalue weighted by Gasteiger charge is 2.28. The molecular weight excluding hydrogens is 186 g/mol. The molecule has 1 aliphatic heterocycles. The Kier molecular flexibility index (Phi) is 3.29. The highest BCUT2D eigenvalue weighted by Crippen LogP contribution is 2.09. The van der Waals surface area contributed by atoms with Crippen molar-refractivity contribution in [2.45, 2.75) is 25.4 Å². The third-order valence-electron chi connectivity index (χ3n) is 2.42. The van der Waals surface area contributed by atoms with Crippen LogP contribution < -0.4 is 11.1 Å². The van der Waals surface area contributed by atoms with E-state index in [0.717, 1.165) is 0 Å². The molecule has 0 aromatic carbocycles. The van der Waals surface area contributed by atoms with E-state index in [1.165, 1.54) is 6.92 Å². The first-order valence-electron chi connectivity index (χ1n) is 4.51. The molecule has 1 heterocycles. The highest BCUT2D eigenvalue weighted by atomic mass is 16.4. The molecule has 2 atom stereocenters. The van der Waals surface area contributed by atoms with E-state index in [2.05, 4.69) is 5.32 Å². The topological polar surface area (TPSA) is 95.7 Å². The van der Waals surface area contributed by atoms with Gasteiger partial charge in [0.1, 0.15) is 0 Å². The maximum absolute atomic E-state index is 11.0. The zero-order valence-electron chi connectivity index (χ0n) is 8.06. The van der Waals surface area contributed by atoms with Gasteiger partial charge in [-0.15, -0.1) is 0 Å². The van der Waals surface area contributed by atoms with E-state index in [9.17, 15) is 9.59 Å². The first kappa shape index (κ1) is 10.8. The van der Waals surface area contributed by atoms with Crippen LogP contribution in [-0.2, 0) is 4.79 Å². The molecule has 0 aromatic rings. The number of likely N-dealkylation sites (tertiary alicyclic amines) is 1. The number of carbonyl (C=O) groups excluding carboxylic acids is 1. The van der Waals surface area contributed by atoms with Gasteiger partial charge in [0.05, 0.1) is 6.04 Å². The van der Waals surface area contributed by atoms with Crippen molar-refractivity contribution in [1.82, 2.24) is 10.2 Å². The number of carboxylic acid groups (broad SMARTS) is 1. The lowest BCUT2D eigenvalue weighted by Gasteiger charge is -2.36. The van der Waals surface area contributed by atoms with Crippen LogP contribution in [0.1, 0.15) is 13.3 Å². The van der Waals surface area contributed by atoms with E-state index in [4.69, 9.17) is 10.8 Å². The summed E-state index contributed by atoms with van der Waals surface area (Å²) in [4.78, 5) is 23.1. The van der Waals surface area contributed by atoms with Gasteiger partial charge >= 0.3 is 6.09 Å². The maximum Gasteiger partial charge on any atom is 0.404 e. The van der Waals surface area contributed by atoms with Crippen LogP contribution in [0.5, 0.6) is 0 Å². The van der Waals surface area contributed by atoms with E-state index in [-0.39, 0.29) is 18.0 Å². The van der Waals surface area contributed by atoms with Gasteiger partial charge in [0, 0.05) is 26.1 Å². The fourth-order valence-electron chi connectivity index (χ4n) is 1.57. The van der Waals surface area contributed by atoms with Crippen LogP contribution in [0.3, 0.4) is 0 Å². The third kappa shape index (κ3) is 2.59. The summed E-state index contributed by atoms with van der Waals surface area (Å²) in [5.74, 6) is -0.0471. The lowest BCUT2D eigenvalue weighted by molar-refractivity contribution is -0.130. The minimum atomic E-state index is -1.10. The Hall–Kier alpha value is -1.30. The Balaban J connectivity index is 2.55. The van der Waals surface area contributed by atoms with Crippen molar-refractivity contribution in [3.8, 4) is 0 Å². The van der Waals surface area contributed by atoms with Crippen LogP contribution >= 0.6 is 0 Å². The summed E-state index contributed by atoms with van der Waals surface area (Å²) in [5.41, 5.74) is 5.73. The molecule has 1 rings (SSSR count). The smallest absolute Gasteiger partial charge is 0.404 e. The van der Waals surface area contributed by atoms with Gasteiger partial charge in [0.15, 0.2) is 0 Å². The first-order valence-corrected chi connectivity index (χ1v) is 4.51. The monoisotopic (exact) mass is 201 g/mol. The molecule has 0 saturated carbocycles. The largest absolute Gasteiger partial charge is 0.465 e. The second-order valence-electron chi connectivity index (χ2n) is 3.47. The summed E-state index contributed by atoms with van der Waals surface area (Å²) < 4.78 is 0. The third-order valence-corrected chi connectivity index (χ3v) is 2.42. The molecule has 2 unspecified atom stereocenters. The fourth-order valence-corrected chi connectivity index (χ4v) is 1.57. The van der Waals surface area contributed by atoms with Gasteiger partial charge in [-0.3, -0.25) is 4.79 Å². The number of nitrogens with zero attached hydrogens (tertiary/aromatic N) is 1. The van der Waals surface area contributed by atoms with Crippen LogP contribution in [0.25, 0.3) is 0 Å². The molecule has 14 heavy (non-hydrogen) atoms. The number of piperidine rings is 1. The van der Waals surface area contributed by atoms with E-state index < -0.39 is 6.09 Å². The predicted octanol–water partition coefficient (Wildman–Crippen LogP) is -0.798. The van der Waals surface area contributed by atoms with Gasteiger partial charge in [-0.1, -0.05) is 0 Å². The minimum absolute atomic E-state index is 0.0471. The van der Waals surface area contributed by atoms with Crippen LogP contribution in [0, 0.1) is 0 Å². The van der Waals surface area contributed by atoms with Crippen LogP contribution in [0.2, 0.25) is 0 Å². The molecule has 0 aliphatic carbocycles. The normalized spacial score (nSPS) is 27.1. The van der Waals surface area contributed by atoms with Gasteiger partial charge in [-0.25, -0.2) is 4.79 Å². The van der Waals surface area contributed by atoms with E-state index in [0.29, 0.717) is 19.5 Å². The van der Waals surface area contributed by atoms with Crippen molar-refractivity contribution in [3.05, 3.63) is 0 Å².